The van der Waals surface area contributed by atoms with Crippen molar-refractivity contribution < 1.29 is 9.53 Å². The fourth-order valence-electron chi connectivity index (χ4n) is 0.760. The van der Waals surface area contributed by atoms with E-state index < -0.39 is 0 Å². The summed E-state index contributed by atoms with van der Waals surface area (Å²) in [5.41, 5.74) is 0. The molecular weight excluding hydrogens is 152 g/mol. The summed E-state index contributed by atoms with van der Waals surface area (Å²) in [6, 6.07) is 0. The smallest absolute Gasteiger partial charge is 0.330 e. The minimum atomic E-state index is -0.263. The Balaban J connectivity index is 0. The van der Waals surface area contributed by atoms with Crippen LogP contribution in [0.5, 0.6) is 0 Å². The molecule has 0 saturated heterocycles. The lowest BCUT2D eigenvalue weighted by atomic mass is 10.2. The molecule has 0 aliphatic heterocycles. The molecule has 0 radical (unpaired) electrons. The molecule has 0 amide bonds. The molecule has 72 valence electrons. The number of carbonyl (C=O) groups is 1. The number of allylic oxidation sites excluding steroid dienone is 1. The zero-order chi connectivity index (χ0) is 8.53. The fraction of sp³-hybridized carbons (Fsp3) is 0.700. The van der Waals surface area contributed by atoms with Crippen LogP contribution in [0.4, 0.5) is 0 Å². The van der Waals surface area contributed by atoms with Crippen molar-refractivity contribution in [3.05, 3.63) is 12.2 Å². The maximum atomic E-state index is 10.5. The van der Waals surface area contributed by atoms with E-state index in [1.807, 2.05) is 6.08 Å². The van der Waals surface area contributed by atoms with Gasteiger partial charge in [-0.1, -0.05) is 33.3 Å². The van der Waals surface area contributed by atoms with Crippen LogP contribution in [0, 0.1) is 0 Å². The van der Waals surface area contributed by atoms with Gasteiger partial charge in [0.05, 0.1) is 7.11 Å². The summed E-state index contributed by atoms with van der Waals surface area (Å²) in [5, 5.41) is 0. The quantitative estimate of drug-likeness (QED) is 0.362. The second-order valence-electron chi connectivity index (χ2n) is 2.42. The molecule has 0 heterocycles. The molecule has 0 unspecified atom stereocenters. The average Bonchev–Trinajstić information content (AvgIpc) is 2.04. The third kappa shape index (κ3) is 9.21. The first-order chi connectivity index (χ1) is 5.31. The zero-order valence-corrected chi connectivity index (χ0v) is 7.30. The summed E-state index contributed by atoms with van der Waals surface area (Å²) < 4.78 is 4.43. The lowest BCUT2D eigenvalue weighted by Gasteiger charge is -1.91. The minimum Gasteiger partial charge on any atom is -0.466 e. The Labute approximate surface area is 75.6 Å². The molecule has 0 aliphatic rings. The molecule has 0 N–H and O–H groups in total. The number of rotatable bonds is 5. The standard InChI is InChI=1S/C9H16O2.CH4/c1-3-4-5-6-7-8-9(10)11-2;/h7-8H,3-6H2,1-2H3;1H4/b8-7+;. The summed E-state index contributed by atoms with van der Waals surface area (Å²) >= 11 is 0. The van der Waals surface area contributed by atoms with Crippen LogP contribution in [-0.4, -0.2) is 13.1 Å². The van der Waals surface area contributed by atoms with Crippen molar-refractivity contribution in [3.8, 4) is 0 Å². The van der Waals surface area contributed by atoms with E-state index in [9.17, 15) is 4.79 Å². The van der Waals surface area contributed by atoms with Crippen LogP contribution in [0.2, 0.25) is 0 Å². The molecule has 0 aliphatic carbocycles. The second-order valence-corrected chi connectivity index (χ2v) is 2.42. The highest BCUT2D eigenvalue weighted by Crippen LogP contribution is 1.99. The summed E-state index contributed by atoms with van der Waals surface area (Å²) in [4.78, 5) is 10.5. The summed E-state index contributed by atoms with van der Waals surface area (Å²) in [6.45, 7) is 2.16. The molecule has 12 heavy (non-hydrogen) atoms. The molecule has 0 rings (SSSR count). The van der Waals surface area contributed by atoms with E-state index in [-0.39, 0.29) is 13.4 Å². The number of ether oxygens (including phenoxy) is 1. The van der Waals surface area contributed by atoms with Gasteiger partial charge in [-0.3, -0.25) is 0 Å². The van der Waals surface area contributed by atoms with Gasteiger partial charge in [0.1, 0.15) is 0 Å². The van der Waals surface area contributed by atoms with E-state index in [4.69, 9.17) is 0 Å². The van der Waals surface area contributed by atoms with Gasteiger partial charge in [0.15, 0.2) is 0 Å². The highest BCUT2D eigenvalue weighted by Gasteiger charge is 1.88. The van der Waals surface area contributed by atoms with E-state index >= 15 is 0 Å². The van der Waals surface area contributed by atoms with Crippen molar-refractivity contribution in [1.82, 2.24) is 0 Å². The van der Waals surface area contributed by atoms with Gasteiger partial charge in [-0.15, -0.1) is 0 Å². The molecular formula is C10H20O2. The van der Waals surface area contributed by atoms with Crippen molar-refractivity contribution in [2.45, 2.75) is 40.0 Å². The van der Waals surface area contributed by atoms with Crippen molar-refractivity contribution in [1.29, 1.82) is 0 Å². The first-order valence-corrected chi connectivity index (χ1v) is 4.05. The first-order valence-electron chi connectivity index (χ1n) is 4.05. The van der Waals surface area contributed by atoms with Gasteiger partial charge in [0.2, 0.25) is 0 Å². The number of unbranched alkanes of at least 4 members (excludes halogenated alkanes) is 3. The van der Waals surface area contributed by atoms with Crippen molar-refractivity contribution in [2.24, 2.45) is 0 Å². The number of hydrogen-bond acceptors (Lipinski definition) is 2. The predicted molar refractivity (Wildman–Crippen MR) is 52.0 cm³/mol. The topological polar surface area (TPSA) is 26.3 Å². The van der Waals surface area contributed by atoms with Gasteiger partial charge in [-0.25, -0.2) is 4.79 Å². The van der Waals surface area contributed by atoms with Gasteiger partial charge in [0.25, 0.3) is 0 Å². The van der Waals surface area contributed by atoms with Gasteiger partial charge in [-0.2, -0.15) is 0 Å². The molecule has 0 atom stereocenters. The Morgan fingerprint density at radius 3 is 2.58 bits per heavy atom. The van der Waals surface area contributed by atoms with Crippen LogP contribution >= 0.6 is 0 Å². The summed E-state index contributed by atoms with van der Waals surface area (Å²) in [7, 11) is 1.39. The van der Waals surface area contributed by atoms with Gasteiger partial charge in [0, 0.05) is 6.08 Å². The Morgan fingerprint density at radius 2 is 2.08 bits per heavy atom. The van der Waals surface area contributed by atoms with E-state index in [0.29, 0.717) is 0 Å². The number of esters is 1. The van der Waals surface area contributed by atoms with Crippen LogP contribution in [0.25, 0.3) is 0 Å². The lowest BCUT2D eigenvalue weighted by molar-refractivity contribution is -0.134. The molecule has 0 aromatic carbocycles. The number of hydrogen-bond donors (Lipinski definition) is 0. The Hall–Kier alpha value is -0.790. The second kappa shape index (κ2) is 10.2. The minimum absolute atomic E-state index is 0. The Kier molecular flexibility index (Phi) is 11.7. The maximum Gasteiger partial charge on any atom is 0.330 e. The highest BCUT2D eigenvalue weighted by atomic mass is 16.5. The molecule has 0 aromatic heterocycles. The molecule has 2 heteroatoms. The number of carbonyl (C=O) groups excluding carboxylic acids is 1. The summed E-state index contributed by atoms with van der Waals surface area (Å²) in [6.07, 6.45) is 7.92. The molecule has 0 saturated carbocycles. The predicted octanol–water partition coefficient (Wildman–Crippen LogP) is 2.93. The molecule has 0 fully saturated rings. The third-order valence-electron chi connectivity index (χ3n) is 1.43. The number of methoxy groups -OCH3 is 1. The Morgan fingerprint density at radius 1 is 1.42 bits per heavy atom. The molecule has 0 spiro atoms. The zero-order valence-electron chi connectivity index (χ0n) is 7.30. The average molecular weight is 172 g/mol. The highest BCUT2D eigenvalue weighted by molar-refractivity contribution is 5.81. The lowest BCUT2D eigenvalue weighted by Crippen LogP contribution is -1.93. The van der Waals surface area contributed by atoms with Crippen molar-refractivity contribution >= 4 is 5.97 Å². The Bertz CT molecular complexity index is 128. The van der Waals surface area contributed by atoms with E-state index in [1.54, 1.807) is 0 Å². The normalized spacial score (nSPS) is 9.50. The molecule has 0 bridgehead atoms. The van der Waals surface area contributed by atoms with E-state index in [0.717, 1.165) is 12.8 Å². The van der Waals surface area contributed by atoms with Gasteiger partial charge >= 0.3 is 5.97 Å². The molecule has 2 nitrogen and oxygen atoms in total. The van der Waals surface area contributed by atoms with Crippen molar-refractivity contribution in [2.75, 3.05) is 7.11 Å². The SMILES string of the molecule is C.CCCCC/C=C/C(=O)OC. The molecule has 0 aromatic rings. The maximum absolute atomic E-state index is 10.5. The third-order valence-corrected chi connectivity index (χ3v) is 1.43. The largest absolute Gasteiger partial charge is 0.466 e. The van der Waals surface area contributed by atoms with E-state index in [2.05, 4.69) is 11.7 Å². The van der Waals surface area contributed by atoms with Gasteiger partial charge in [-0.05, 0) is 12.8 Å². The van der Waals surface area contributed by atoms with Crippen molar-refractivity contribution in [3.63, 3.8) is 0 Å². The van der Waals surface area contributed by atoms with Gasteiger partial charge < -0.3 is 4.74 Å². The first kappa shape index (κ1) is 13.8. The fourth-order valence-corrected chi connectivity index (χ4v) is 0.760. The van der Waals surface area contributed by atoms with E-state index in [1.165, 1.54) is 26.0 Å². The monoisotopic (exact) mass is 172 g/mol. The van der Waals surface area contributed by atoms with Crippen LogP contribution in [0.3, 0.4) is 0 Å². The summed E-state index contributed by atoms with van der Waals surface area (Å²) in [5.74, 6) is -0.263. The van der Waals surface area contributed by atoms with Crippen LogP contribution in [0.1, 0.15) is 40.0 Å². The van der Waals surface area contributed by atoms with Crippen LogP contribution in [-0.2, 0) is 9.53 Å². The van der Waals surface area contributed by atoms with Crippen LogP contribution in [0.15, 0.2) is 12.2 Å². The van der Waals surface area contributed by atoms with Crippen LogP contribution < -0.4 is 0 Å².